The van der Waals surface area contributed by atoms with Crippen LogP contribution in [0.5, 0.6) is 5.75 Å². The fourth-order valence-corrected chi connectivity index (χ4v) is 3.45. The summed E-state index contributed by atoms with van der Waals surface area (Å²) < 4.78 is 5.30. The van der Waals surface area contributed by atoms with Crippen LogP contribution in [0.25, 0.3) is 11.3 Å². The van der Waals surface area contributed by atoms with Crippen LogP contribution < -0.4 is 4.74 Å². The molecule has 138 valence electrons. The third kappa shape index (κ3) is 3.67. The van der Waals surface area contributed by atoms with E-state index in [2.05, 4.69) is 15.2 Å². The lowest BCUT2D eigenvalue weighted by molar-refractivity contribution is 0.0700. The first kappa shape index (κ1) is 17.2. The van der Waals surface area contributed by atoms with Crippen LogP contribution in [0.1, 0.15) is 34.9 Å². The Morgan fingerprint density at radius 1 is 1.30 bits per heavy atom. The molecule has 7 heteroatoms. The molecule has 0 radical (unpaired) electrons. The van der Waals surface area contributed by atoms with Gasteiger partial charge in [-0.25, -0.2) is 4.98 Å². The number of hydrogen-bond acceptors (Lipinski definition) is 5. The van der Waals surface area contributed by atoms with E-state index in [9.17, 15) is 4.79 Å². The molecule has 1 saturated heterocycles. The van der Waals surface area contributed by atoms with E-state index in [1.165, 1.54) is 0 Å². The molecule has 7 nitrogen and oxygen atoms in total. The second kappa shape index (κ2) is 7.57. The molecule has 1 N–H and O–H groups in total. The summed E-state index contributed by atoms with van der Waals surface area (Å²) in [7, 11) is 1.65. The highest BCUT2D eigenvalue weighted by atomic mass is 16.5. The fourth-order valence-electron chi connectivity index (χ4n) is 3.45. The summed E-state index contributed by atoms with van der Waals surface area (Å²) in [5, 5.41) is 6.62. The van der Waals surface area contributed by atoms with E-state index >= 15 is 0 Å². The molecule has 1 amide bonds. The standard InChI is InChI=1S/C20H21N5O2/c1-27-16-6-2-4-14(10-16)18-11-21-12-19(23-18)15-5-3-9-25(13-15)20(26)17-7-8-22-24-17/h2,4,6-8,10-12,15H,3,5,9,13H2,1H3,(H,22,24). The largest absolute Gasteiger partial charge is 0.497 e. The first-order valence-electron chi connectivity index (χ1n) is 8.99. The Bertz CT molecular complexity index is 926. The van der Waals surface area contributed by atoms with Gasteiger partial charge in [-0.2, -0.15) is 5.10 Å². The highest BCUT2D eigenvalue weighted by molar-refractivity contribution is 5.92. The van der Waals surface area contributed by atoms with Crippen molar-refractivity contribution in [3.8, 4) is 17.0 Å². The van der Waals surface area contributed by atoms with Gasteiger partial charge in [0, 0.05) is 37.0 Å². The number of aromatic amines is 1. The van der Waals surface area contributed by atoms with Gasteiger partial charge >= 0.3 is 0 Å². The van der Waals surface area contributed by atoms with Crippen LogP contribution in [0.2, 0.25) is 0 Å². The molecule has 0 saturated carbocycles. The quantitative estimate of drug-likeness (QED) is 0.770. The van der Waals surface area contributed by atoms with E-state index in [1.807, 2.05) is 29.2 Å². The smallest absolute Gasteiger partial charge is 0.271 e. The number of amides is 1. The van der Waals surface area contributed by atoms with Crippen LogP contribution in [0.4, 0.5) is 0 Å². The molecule has 1 fully saturated rings. The Balaban J connectivity index is 1.55. The molecule has 1 atom stereocenters. The second-order valence-electron chi connectivity index (χ2n) is 6.62. The van der Waals surface area contributed by atoms with Crippen LogP contribution in [-0.2, 0) is 0 Å². The van der Waals surface area contributed by atoms with Crippen molar-refractivity contribution in [1.82, 2.24) is 25.1 Å². The lowest BCUT2D eigenvalue weighted by atomic mass is 9.94. The highest BCUT2D eigenvalue weighted by Gasteiger charge is 2.27. The number of aromatic nitrogens is 4. The maximum atomic E-state index is 12.6. The molecule has 0 aliphatic carbocycles. The van der Waals surface area contributed by atoms with Crippen molar-refractivity contribution in [3.05, 3.63) is 60.3 Å². The molecule has 0 bridgehead atoms. The predicted octanol–water partition coefficient (Wildman–Crippen LogP) is 2.90. The summed E-state index contributed by atoms with van der Waals surface area (Å²) in [5.74, 6) is 0.937. The number of nitrogens with zero attached hydrogens (tertiary/aromatic N) is 4. The van der Waals surface area contributed by atoms with E-state index in [1.54, 1.807) is 31.8 Å². The van der Waals surface area contributed by atoms with E-state index in [-0.39, 0.29) is 11.8 Å². The average molecular weight is 363 g/mol. The van der Waals surface area contributed by atoms with Gasteiger partial charge in [0.05, 0.1) is 24.7 Å². The number of likely N-dealkylation sites (tertiary alicyclic amines) is 1. The van der Waals surface area contributed by atoms with Crippen molar-refractivity contribution in [2.45, 2.75) is 18.8 Å². The van der Waals surface area contributed by atoms with Crippen molar-refractivity contribution in [2.75, 3.05) is 20.2 Å². The average Bonchev–Trinajstić information content (AvgIpc) is 3.28. The fraction of sp³-hybridized carbons (Fsp3) is 0.300. The van der Waals surface area contributed by atoms with Gasteiger partial charge in [-0.1, -0.05) is 12.1 Å². The zero-order chi connectivity index (χ0) is 18.6. The van der Waals surface area contributed by atoms with E-state index in [0.717, 1.165) is 42.1 Å². The number of hydrogen-bond donors (Lipinski definition) is 1. The summed E-state index contributed by atoms with van der Waals surface area (Å²) in [4.78, 5) is 23.7. The molecule has 1 aliphatic rings. The van der Waals surface area contributed by atoms with Crippen molar-refractivity contribution < 1.29 is 9.53 Å². The number of methoxy groups -OCH3 is 1. The lowest BCUT2D eigenvalue weighted by Gasteiger charge is -2.32. The van der Waals surface area contributed by atoms with Gasteiger partial charge in [0.2, 0.25) is 0 Å². The maximum absolute atomic E-state index is 12.6. The van der Waals surface area contributed by atoms with E-state index in [0.29, 0.717) is 12.2 Å². The molecule has 1 aromatic carbocycles. The minimum absolute atomic E-state index is 0.0193. The van der Waals surface area contributed by atoms with E-state index < -0.39 is 0 Å². The van der Waals surface area contributed by atoms with Gasteiger partial charge in [-0.05, 0) is 31.0 Å². The summed E-state index contributed by atoms with van der Waals surface area (Å²) in [5.41, 5.74) is 3.21. The summed E-state index contributed by atoms with van der Waals surface area (Å²) in [6.07, 6.45) is 7.09. The summed E-state index contributed by atoms with van der Waals surface area (Å²) >= 11 is 0. The van der Waals surface area contributed by atoms with Crippen LogP contribution in [0, 0.1) is 0 Å². The summed E-state index contributed by atoms with van der Waals surface area (Å²) in [6.45, 7) is 1.38. The van der Waals surface area contributed by atoms with Gasteiger partial charge in [0.1, 0.15) is 11.4 Å². The Morgan fingerprint density at radius 2 is 2.22 bits per heavy atom. The molecular formula is C20H21N5O2. The number of piperidine rings is 1. The predicted molar refractivity (Wildman–Crippen MR) is 100 cm³/mol. The second-order valence-corrected chi connectivity index (χ2v) is 6.62. The first-order valence-corrected chi connectivity index (χ1v) is 8.99. The van der Waals surface area contributed by atoms with Crippen LogP contribution >= 0.6 is 0 Å². The van der Waals surface area contributed by atoms with Gasteiger partial charge in [-0.15, -0.1) is 0 Å². The zero-order valence-electron chi connectivity index (χ0n) is 15.1. The Morgan fingerprint density at radius 3 is 3.04 bits per heavy atom. The number of H-pyrrole nitrogens is 1. The zero-order valence-corrected chi connectivity index (χ0v) is 15.1. The Hall–Kier alpha value is -3.22. The number of carbonyl (C=O) groups excluding carboxylic acids is 1. The third-order valence-electron chi connectivity index (χ3n) is 4.88. The van der Waals surface area contributed by atoms with Crippen LogP contribution in [-0.4, -0.2) is 51.2 Å². The number of carbonyl (C=O) groups is 1. The van der Waals surface area contributed by atoms with Gasteiger partial charge in [-0.3, -0.25) is 14.9 Å². The van der Waals surface area contributed by atoms with Gasteiger partial charge in [0.15, 0.2) is 0 Å². The van der Waals surface area contributed by atoms with E-state index in [4.69, 9.17) is 9.72 Å². The summed E-state index contributed by atoms with van der Waals surface area (Å²) in [6, 6.07) is 9.48. The molecule has 3 heterocycles. The minimum Gasteiger partial charge on any atom is -0.497 e. The molecule has 27 heavy (non-hydrogen) atoms. The first-order chi connectivity index (χ1) is 13.2. The maximum Gasteiger partial charge on any atom is 0.271 e. The highest BCUT2D eigenvalue weighted by Crippen LogP contribution is 2.28. The minimum atomic E-state index is -0.0193. The normalized spacial score (nSPS) is 16.9. The molecule has 1 aliphatic heterocycles. The molecule has 4 rings (SSSR count). The molecule has 3 aromatic rings. The van der Waals surface area contributed by atoms with Crippen molar-refractivity contribution in [2.24, 2.45) is 0 Å². The van der Waals surface area contributed by atoms with Crippen molar-refractivity contribution in [3.63, 3.8) is 0 Å². The van der Waals surface area contributed by atoms with Gasteiger partial charge in [0.25, 0.3) is 5.91 Å². The van der Waals surface area contributed by atoms with Crippen molar-refractivity contribution >= 4 is 5.91 Å². The topological polar surface area (TPSA) is 84.0 Å². The molecule has 0 spiro atoms. The number of ether oxygens (including phenoxy) is 1. The molecule has 1 unspecified atom stereocenters. The number of nitrogens with one attached hydrogen (secondary N) is 1. The Kier molecular flexibility index (Phi) is 4.82. The monoisotopic (exact) mass is 363 g/mol. The number of benzene rings is 1. The van der Waals surface area contributed by atoms with Crippen molar-refractivity contribution in [1.29, 1.82) is 0 Å². The Labute approximate surface area is 157 Å². The molecular weight excluding hydrogens is 342 g/mol. The third-order valence-corrected chi connectivity index (χ3v) is 4.88. The van der Waals surface area contributed by atoms with Crippen LogP contribution in [0.15, 0.2) is 48.9 Å². The molecule has 2 aromatic heterocycles. The van der Waals surface area contributed by atoms with Gasteiger partial charge < -0.3 is 9.64 Å². The SMILES string of the molecule is COc1cccc(-c2cncc(C3CCCN(C(=O)c4ccn[nH]4)C3)n2)c1. The number of rotatable bonds is 4. The van der Waals surface area contributed by atoms with Crippen LogP contribution in [0.3, 0.4) is 0 Å². The lowest BCUT2D eigenvalue weighted by Crippen LogP contribution is -2.39.